The van der Waals surface area contributed by atoms with Crippen LogP contribution in [0.5, 0.6) is 0 Å². The summed E-state index contributed by atoms with van der Waals surface area (Å²) in [5.41, 5.74) is 0. The van der Waals surface area contributed by atoms with E-state index in [2.05, 4.69) is 0 Å². The van der Waals surface area contributed by atoms with Crippen LogP contribution in [-0.2, 0) is 19.2 Å². The Labute approximate surface area is 162 Å². The van der Waals surface area contributed by atoms with Gasteiger partial charge in [0, 0.05) is 0 Å². The smallest absolute Gasteiger partial charge is 0.234 e. The molecule has 0 spiro atoms. The Kier molecular flexibility index (Phi) is 7.57. The topological polar surface area (TPSA) is 74.8 Å². The zero-order valence-electron chi connectivity index (χ0n) is 17.2. The standard InChI is InChI=1S/C17H22N2O4.2C2H6/c20-14-10-5-1-2-6-11(10)15(21)18(14)9-19-16(22)12-7-3-4-8-13(12)17(19)23;2*1-2/h10-13H,1-9H2;2*1-2H3. The molecule has 2 saturated heterocycles. The van der Waals surface area contributed by atoms with Gasteiger partial charge in [-0.2, -0.15) is 0 Å². The molecule has 2 aliphatic heterocycles. The van der Waals surface area contributed by atoms with Gasteiger partial charge in [0.2, 0.25) is 23.6 Å². The maximum atomic E-state index is 12.5. The van der Waals surface area contributed by atoms with E-state index >= 15 is 0 Å². The van der Waals surface area contributed by atoms with Crippen molar-refractivity contribution >= 4 is 23.6 Å². The fourth-order valence-electron chi connectivity index (χ4n) is 4.88. The van der Waals surface area contributed by atoms with Gasteiger partial charge >= 0.3 is 0 Å². The molecule has 0 bridgehead atoms. The van der Waals surface area contributed by atoms with Crippen molar-refractivity contribution in [3.8, 4) is 0 Å². The fourth-order valence-corrected chi connectivity index (χ4v) is 4.88. The molecular weight excluding hydrogens is 344 g/mol. The third kappa shape index (κ3) is 3.81. The summed E-state index contributed by atoms with van der Waals surface area (Å²) in [4.78, 5) is 52.4. The zero-order valence-corrected chi connectivity index (χ0v) is 17.2. The van der Waals surface area contributed by atoms with Crippen molar-refractivity contribution in [1.29, 1.82) is 0 Å². The quantitative estimate of drug-likeness (QED) is 0.691. The first kappa shape index (κ1) is 21.6. The number of hydrogen-bond donors (Lipinski definition) is 0. The van der Waals surface area contributed by atoms with E-state index in [1.165, 1.54) is 9.80 Å². The molecule has 0 radical (unpaired) electrons. The van der Waals surface area contributed by atoms with Crippen molar-refractivity contribution < 1.29 is 19.2 Å². The van der Waals surface area contributed by atoms with Gasteiger partial charge in [-0.3, -0.25) is 29.0 Å². The molecule has 4 fully saturated rings. The highest BCUT2D eigenvalue weighted by Gasteiger charge is 2.53. The number of likely N-dealkylation sites (tertiary alicyclic amines) is 2. The molecule has 2 saturated carbocycles. The first-order valence-corrected chi connectivity index (χ1v) is 10.8. The van der Waals surface area contributed by atoms with E-state index in [4.69, 9.17) is 0 Å². The molecule has 27 heavy (non-hydrogen) atoms. The summed E-state index contributed by atoms with van der Waals surface area (Å²) in [5, 5.41) is 0. The van der Waals surface area contributed by atoms with E-state index in [0.29, 0.717) is 0 Å². The second kappa shape index (κ2) is 9.47. The van der Waals surface area contributed by atoms with Gasteiger partial charge in [0.05, 0.1) is 23.7 Å². The van der Waals surface area contributed by atoms with E-state index in [0.717, 1.165) is 51.4 Å². The fraction of sp³-hybridized carbons (Fsp3) is 0.810. The monoisotopic (exact) mass is 378 g/mol. The number of nitrogens with zero attached hydrogens (tertiary/aromatic N) is 2. The molecule has 4 atom stereocenters. The molecule has 0 N–H and O–H groups in total. The third-order valence-electron chi connectivity index (χ3n) is 6.15. The van der Waals surface area contributed by atoms with Crippen LogP contribution in [0.15, 0.2) is 0 Å². The van der Waals surface area contributed by atoms with Gasteiger partial charge in [-0.05, 0) is 25.7 Å². The molecule has 2 heterocycles. The van der Waals surface area contributed by atoms with E-state index in [9.17, 15) is 19.2 Å². The molecular formula is C21H34N2O4. The molecule has 4 rings (SSSR count). The van der Waals surface area contributed by atoms with Crippen LogP contribution < -0.4 is 0 Å². The lowest BCUT2D eigenvalue weighted by atomic mass is 9.81. The lowest BCUT2D eigenvalue weighted by Crippen LogP contribution is -2.45. The summed E-state index contributed by atoms with van der Waals surface area (Å²) in [6, 6.07) is 0. The number of hydrogen-bond acceptors (Lipinski definition) is 4. The maximum Gasteiger partial charge on any atom is 0.234 e. The Morgan fingerprint density at radius 1 is 0.556 bits per heavy atom. The molecule has 4 aliphatic rings. The van der Waals surface area contributed by atoms with Crippen LogP contribution in [0, 0.1) is 23.7 Å². The zero-order chi connectivity index (χ0) is 20.1. The van der Waals surface area contributed by atoms with Crippen molar-refractivity contribution in [3.05, 3.63) is 0 Å². The number of rotatable bonds is 2. The maximum absolute atomic E-state index is 12.5. The first-order chi connectivity index (χ1) is 13.1. The van der Waals surface area contributed by atoms with E-state index in [-0.39, 0.29) is 54.0 Å². The summed E-state index contributed by atoms with van der Waals surface area (Å²) in [6.45, 7) is 7.84. The molecule has 6 heteroatoms. The van der Waals surface area contributed by atoms with Crippen LogP contribution in [0.25, 0.3) is 0 Å². The SMILES string of the molecule is CC.CC.O=C1C2CCCCC2C(=O)N1CN1C(=O)C2CCCCC2C1=O. The average Bonchev–Trinajstić information content (AvgIpc) is 3.12. The van der Waals surface area contributed by atoms with Gasteiger partial charge in [-0.1, -0.05) is 53.4 Å². The number of imide groups is 2. The Hall–Kier alpha value is -1.72. The van der Waals surface area contributed by atoms with Crippen molar-refractivity contribution in [3.63, 3.8) is 0 Å². The van der Waals surface area contributed by atoms with Gasteiger partial charge < -0.3 is 0 Å². The molecule has 4 amide bonds. The minimum Gasteiger partial charge on any atom is -0.274 e. The highest BCUT2D eigenvalue weighted by Crippen LogP contribution is 2.41. The third-order valence-corrected chi connectivity index (χ3v) is 6.15. The normalized spacial score (nSPS) is 32.3. The minimum atomic E-state index is -0.230. The Balaban J connectivity index is 0.000000614. The van der Waals surface area contributed by atoms with Gasteiger partial charge in [0.15, 0.2) is 0 Å². The Morgan fingerprint density at radius 2 is 0.778 bits per heavy atom. The molecule has 0 aromatic rings. The molecule has 0 aromatic heterocycles. The second-order valence-electron chi connectivity index (χ2n) is 7.35. The summed E-state index contributed by atoms with van der Waals surface area (Å²) >= 11 is 0. The van der Waals surface area contributed by atoms with E-state index in [1.54, 1.807) is 0 Å². The summed E-state index contributed by atoms with van der Waals surface area (Å²) in [7, 11) is 0. The van der Waals surface area contributed by atoms with Crippen LogP contribution in [0.3, 0.4) is 0 Å². The van der Waals surface area contributed by atoms with Crippen LogP contribution in [-0.4, -0.2) is 40.1 Å². The lowest BCUT2D eigenvalue weighted by molar-refractivity contribution is -0.149. The van der Waals surface area contributed by atoms with Crippen LogP contribution in [0.4, 0.5) is 0 Å². The molecule has 2 aliphatic carbocycles. The van der Waals surface area contributed by atoms with Crippen molar-refractivity contribution in [2.75, 3.05) is 6.67 Å². The molecule has 6 nitrogen and oxygen atoms in total. The van der Waals surface area contributed by atoms with Crippen molar-refractivity contribution in [1.82, 2.24) is 9.80 Å². The number of carbonyl (C=O) groups excluding carboxylic acids is 4. The summed E-state index contributed by atoms with van der Waals surface area (Å²) < 4.78 is 0. The molecule has 0 aromatic carbocycles. The van der Waals surface area contributed by atoms with Gasteiger partial charge in [0.25, 0.3) is 0 Å². The van der Waals surface area contributed by atoms with Crippen LogP contribution in [0.1, 0.15) is 79.1 Å². The predicted octanol–water partition coefficient (Wildman–Crippen LogP) is 3.35. The summed E-state index contributed by atoms with van der Waals surface area (Å²) in [5.74, 6) is -1.66. The highest BCUT2D eigenvalue weighted by molar-refractivity contribution is 6.08. The molecule has 4 unspecified atom stereocenters. The van der Waals surface area contributed by atoms with Crippen molar-refractivity contribution in [2.24, 2.45) is 23.7 Å². The Bertz CT molecular complexity index is 491. The second-order valence-corrected chi connectivity index (χ2v) is 7.35. The number of fused-ring (bicyclic) bond motifs is 2. The number of amides is 4. The van der Waals surface area contributed by atoms with Gasteiger partial charge in [0.1, 0.15) is 6.67 Å². The first-order valence-electron chi connectivity index (χ1n) is 10.8. The molecule has 152 valence electrons. The predicted molar refractivity (Wildman–Crippen MR) is 102 cm³/mol. The van der Waals surface area contributed by atoms with Crippen LogP contribution >= 0.6 is 0 Å². The van der Waals surface area contributed by atoms with Crippen molar-refractivity contribution in [2.45, 2.75) is 79.1 Å². The lowest BCUT2D eigenvalue weighted by Gasteiger charge is -2.22. The highest BCUT2D eigenvalue weighted by atomic mass is 16.2. The van der Waals surface area contributed by atoms with Crippen LogP contribution in [0.2, 0.25) is 0 Å². The summed E-state index contributed by atoms with van der Waals surface area (Å²) in [6.07, 6.45) is 6.88. The van der Waals surface area contributed by atoms with E-state index < -0.39 is 0 Å². The van der Waals surface area contributed by atoms with E-state index in [1.807, 2.05) is 27.7 Å². The van der Waals surface area contributed by atoms with Gasteiger partial charge in [-0.25, -0.2) is 0 Å². The number of carbonyl (C=O) groups is 4. The average molecular weight is 379 g/mol. The largest absolute Gasteiger partial charge is 0.274 e. The van der Waals surface area contributed by atoms with Gasteiger partial charge in [-0.15, -0.1) is 0 Å². The minimum absolute atomic E-state index is 0.157. The Morgan fingerprint density at radius 3 is 1.00 bits per heavy atom.